The van der Waals surface area contributed by atoms with E-state index in [2.05, 4.69) is 20.8 Å². The van der Waals surface area contributed by atoms with E-state index in [0.29, 0.717) is 29.5 Å². The van der Waals surface area contributed by atoms with E-state index >= 15 is 0 Å². The SMILES string of the molecule is CCCCCCCCCCC(=O)O[C@H]1CC[C@H]2[C@@H]3CC[C@H]4CC(=O)CC[C@]4(C)[C@H]3CC[C@]12C. The summed E-state index contributed by atoms with van der Waals surface area (Å²) in [6.45, 7) is 7.21. The summed E-state index contributed by atoms with van der Waals surface area (Å²) in [5, 5.41) is 0. The number of ether oxygens (including phenoxy) is 1. The van der Waals surface area contributed by atoms with Gasteiger partial charge in [-0.3, -0.25) is 9.59 Å². The lowest BCUT2D eigenvalue weighted by molar-refractivity contribution is -0.164. The summed E-state index contributed by atoms with van der Waals surface area (Å²) < 4.78 is 6.19. The van der Waals surface area contributed by atoms with Crippen LogP contribution in [-0.4, -0.2) is 17.9 Å². The highest BCUT2D eigenvalue weighted by atomic mass is 16.5. The molecule has 0 aromatic heterocycles. The van der Waals surface area contributed by atoms with Gasteiger partial charge in [0.2, 0.25) is 0 Å². The Labute approximate surface area is 203 Å². The number of carbonyl (C=O) groups is 2. The third-order valence-corrected chi connectivity index (χ3v) is 10.9. The summed E-state index contributed by atoms with van der Waals surface area (Å²) >= 11 is 0. The molecule has 3 nitrogen and oxygen atoms in total. The van der Waals surface area contributed by atoms with Gasteiger partial charge in [-0.15, -0.1) is 0 Å². The third kappa shape index (κ3) is 5.22. The molecular weight excluding hydrogens is 408 g/mol. The molecule has 4 saturated carbocycles. The van der Waals surface area contributed by atoms with Gasteiger partial charge in [-0.1, -0.05) is 65.7 Å². The highest BCUT2D eigenvalue weighted by Gasteiger charge is 2.61. The summed E-state index contributed by atoms with van der Waals surface area (Å²) in [7, 11) is 0. The molecule has 0 spiro atoms. The first-order valence-electron chi connectivity index (χ1n) is 14.6. The van der Waals surface area contributed by atoms with Gasteiger partial charge in [0.1, 0.15) is 11.9 Å². The van der Waals surface area contributed by atoms with Gasteiger partial charge in [-0.25, -0.2) is 0 Å². The van der Waals surface area contributed by atoms with Crippen molar-refractivity contribution in [1.82, 2.24) is 0 Å². The van der Waals surface area contributed by atoms with Crippen LogP contribution in [0, 0.1) is 34.5 Å². The molecule has 0 unspecified atom stereocenters. The summed E-state index contributed by atoms with van der Waals surface area (Å²) in [5.74, 6) is 3.42. The van der Waals surface area contributed by atoms with E-state index in [-0.39, 0.29) is 17.5 Å². The number of carbonyl (C=O) groups excluding carboxylic acids is 2. The molecule has 0 bridgehead atoms. The summed E-state index contributed by atoms with van der Waals surface area (Å²) in [6, 6.07) is 0. The van der Waals surface area contributed by atoms with Crippen LogP contribution in [0.5, 0.6) is 0 Å². The number of Topliss-reactive ketones (excluding diaryl/α,β-unsaturated/α-hetero) is 1. The van der Waals surface area contributed by atoms with Gasteiger partial charge in [0.25, 0.3) is 0 Å². The zero-order valence-electron chi connectivity index (χ0n) is 21.8. The first kappa shape index (κ1) is 25.2. The van der Waals surface area contributed by atoms with Crippen LogP contribution in [0.2, 0.25) is 0 Å². The van der Waals surface area contributed by atoms with Crippen molar-refractivity contribution < 1.29 is 14.3 Å². The van der Waals surface area contributed by atoms with Crippen LogP contribution in [0.15, 0.2) is 0 Å². The van der Waals surface area contributed by atoms with E-state index in [9.17, 15) is 9.59 Å². The van der Waals surface area contributed by atoms with E-state index < -0.39 is 0 Å². The number of ketones is 1. The van der Waals surface area contributed by atoms with Gasteiger partial charge in [-0.2, -0.15) is 0 Å². The topological polar surface area (TPSA) is 43.4 Å². The second-order valence-electron chi connectivity index (χ2n) is 12.7. The van der Waals surface area contributed by atoms with Crippen LogP contribution in [-0.2, 0) is 14.3 Å². The number of hydrogen-bond donors (Lipinski definition) is 0. The van der Waals surface area contributed by atoms with Gasteiger partial charge in [0.05, 0.1) is 0 Å². The predicted molar refractivity (Wildman–Crippen MR) is 134 cm³/mol. The lowest BCUT2D eigenvalue weighted by Gasteiger charge is -2.60. The Morgan fingerprint density at radius 2 is 1.55 bits per heavy atom. The van der Waals surface area contributed by atoms with Crippen LogP contribution in [0.4, 0.5) is 0 Å². The second kappa shape index (κ2) is 10.8. The Kier molecular flexibility index (Phi) is 8.27. The zero-order chi connectivity index (χ0) is 23.5. The van der Waals surface area contributed by atoms with Crippen LogP contribution >= 0.6 is 0 Å². The Morgan fingerprint density at radius 1 is 0.848 bits per heavy atom. The van der Waals surface area contributed by atoms with E-state index in [1.54, 1.807) is 0 Å². The van der Waals surface area contributed by atoms with Gasteiger partial charge in [0.15, 0.2) is 0 Å². The third-order valence-electron chi connectivity index (χ3n) is 10.9. The molecule has 0 amide bonds. The number of esters is 1. The minimum atomic E-state index is 0.0523. The number of fused-ring (bicyclic) bond motifs is 5. The largest absolute Gasteiger partial charge is 0.462 e. The maximum Gasteiger partial charge on any atom is 0.306 e. The molecule has 4 fully saturated rings. The Morgan fingerprint density at radius 3 is 2.30 bits per heavy atom. The molecule has 4 rings (SSSR count). The minimum absolute atomic E-state index is 0.0523. The van der Waals surface area contributed by atoms with Crippen LogP contribution in [0.1, 0.15) is 136 Å². The fourth-order valence-electron chi connectivity index (χ4n) is 8.81. The first-order chi connectivity index (χ1) is 15.9. The molecule has 0 N–H and O–H groups in total. The van der Waals surface area contributed by atoms with E-state index in [4.69, 9.17) is 4.74 Å². The van der Waals surface area contributed by atoms with Crippen molar-refractivity contribution in [1.29, 1.82) is 0 Å². The predicted octanol–water partition coefficient (Wildman–Crippen LogP) is 8.04. The molecule has 0 aromatic carbocycles. The van der Waals surface area contributed by atoms with E-state index in [0.717, 1.165) is 50.4 Å². The molecule has 0 radical (unpaired) electrons. The monoisotopic (exact) mass is 458 g/mol. The number of unbranched alkanes of at least 4 members (excludes halogenated alkanes) is 7. The van der Waals surface area contributed by atoms with Crippen molar-refractivity contribution in [2.45, 2.75) is 142 Å². The molecule has 4 aliphatic carbocycles. The van der Waals surface area contributed by atoms with Crippen molar-refractivity contribution in [2.24, 2.45) is 34.5 Å². The molecular formula is C30H50O3. The fourth-order valence-corrected chi connectivity index (χ4v) is 8.81. The smallest absolute Gasteiger partial charge is 0.306 e. The number of hydrogen-bond acceptors (Lipinski definition) is 3. The quantitative estimate of drug-likeness (QED) is 0.246. The molecule has 0 heterocycles. The molecule has 7 atom stereocenters. The average molecular weight is 459 g/mol. The Bertz CT molecular complexity index is 686. The molecule has 0 saturated heterocycles. The van der Waals surface area contributed by atoms with E-state index in [1.165, 1.54) is 70.6 Å². The van der Waals surface area contributed by atoms with E-state index in [1.807, 2.05) is 0 Å². The fraction of sp³-hybridized carbons (Fsp3) is 0.933. The van der Waals surface area contributed by atoms with Gasteiger partial charge < -0.3 is 4.74 Å². The van der Waals surface area contributed by atoms with Gasteiger partial charge in [-0.05, 0) is 80.5 Å². The Hall–Kier alpha value is -0.860. The molecule has 4 aliphatic rings. The molecule has 0 aliphatic heterocycles. The highest BCUT2D eigenvalue weighted by Crippen LogP contribution is 2.66. The van der Waals surface area contributed by atoms with Crippen molar-refractivity contribution in [3.05, 3.63) is 0 Å². The van der Waals surface area contributed by atoms with Crippen molar-refractivity contribution in [3.8, 4) is 0 Å². The van der Waals surface area contributed by atoms with Crippen molar-refractivity contribution >= 4 is 11.8 Å². The summed E-state index contributed by atoms with van der Waals surface area (Å²) in [5.41, 5.74) is 0.535. The Balaban J connectivity index is 1.26. The van der Waals surface area contributed by atoms with Crippen LogP contribution in [0.3, 0.4) is 0 Å². The number of rotatable bonds is 10. The maximum absolute atomic E-state index is 12.7. The molecule has 3 heteroatoms. The second-order valence-corrected chi connectivity index (χ2v) is 12.7. The van der Waals surface area contributed by atoms with Gasteiger partial charge in [0, 0.05) is 24.7 Å². The summed E-state index contributed by atoms with van der Waals surface area (Å²) in [6.07, 6.45) is 20.8. The highest BCUT2D eigenvalue weighted by molar-refractivity contribution is 5.79. The average Bonchev–Trinajstić information content (AvgIpc) is 3.12. The van der Waals surface area contributed by atoms with Crippen LogP contribution in [0.25, 0.3) is 0 Å². The lowest BCUT2D eigenvalue weighted by atomic mass is 9.45. The summed E-state index contributed by atoms with van der Waals surface area (Å²) in [4.78, 5) is 24.8. The van der Waals surface area contributed by atoms with Gasteiger partial charge >= 0.3 is 5.97 Å². The standard InChI is InChI=1S/C30H50O3/c1-4-5-6-7-8-9-10-11-12-28(32)33-27-16-15-25-24-14-13-22-21-23(31)17-19-29(22,2)26(24)18-20-30(25,27)3/h22,24-27H,4-21H2,1-3H3/t22-,24-,25-,26-,27-,29-,30-/m0/s1. The molecule has 188 valence electrons. The normalized spacial score (nSPS) is 40.1. The zero-order valence-corrected chi connectivity index (χ0v) is 21.8. The first-order valence-corrected chi connectivity index (χ1v) is 14.6. The van der Waals surface area contributed by atoms with Crippen molar-refractivity contribution in [3.63, 3.8) is 0 Å². The van der Waals surface area contributed by atoms with Crippen LogP contribution < -0.4 is 0 Å². The minimum Gasteiger partial charge on any atom is -0.462 e. The molecule has 33 heavy (non-hydrogen) atoms. The lowest BCUT2D eigenvalue weighted by Crippen LogP contribution is -2.54. The molecule has 0 aromatic rings. The maximum atomic E-state index is 12.7. The van der Waals surface area contributed by atoms with Crippen molar-refractivity contribution in [2.75, 3.05) is 0 Å².